The number of anilines is 1. The third-order valence-corrected chi connectivity index (χ3v) is 4.32. The summed E-state index contributed by atoms with van der Waals surface area (Å²) in [5.74, 6) is 1.28. The Kier molecular flexibility index (Phi) is 6.95. The number of hydrogen-bond donors (Lipinski definition) is 2. The van der Waals surface area contributed by atoms with Crippen LogP contribution in [0.3, 0.4) is 0 Å². The molecule has 0 saturated heterocycles. The largest absolute Gasteiger partial charge is 0.497 e. The molecule has 0 atom stereocenters. The zero-order valence-electron chi connectivity index (χ0n) is 15.9. The molecule has 1 heterocycles. The number of benzene rings is 2. The van der Waals surface area contributed by atoms with Crippen molar-refractivity contribution in [3.63, 3.8) is 0 Å². The van der Waals surface area contributed by atoms with E-state index in [1.54, 1.807) is 19.2 Å². The fourth-order valence-electron chi connectivity index (χ4n) is 2.73. The first-order chi connectivity index (χ1) is 13.7. The summed E-state index contributed by atoms with van der Waals surface area (Å²) in [7, 11) is 1.66. The molecule has 3 rings (SSSR count). The van der Waals surface area contributed by atoms with Crippen LogP contribution in [0.4, 0.5) is 5.82 Å². The topological polar surface area (TPSA) is 76.1 Å². The van der Waals surface area contributed by atoms with Crippen molar-refractivity contribution in [3.8, 4) is 5.75 Å². The van der Waals surface area contributed by atoms with Gasteiger partial charge in [-0.15, -0.1) is 10.2 Å². The summed E-state index contributed by atoms with van der Waals surface area (Å²) in [5, 5.41) is 14.2. The number of rotatable bonds is 9. The van der Waals surface area contributed by atoms with Crippen molar-refractivity contribution in [1.29, 1.82) is 0 Å². The summed E-state index contributed by atoms with van der Waals surface area (Å²) in [6, 6.07) is 21.4. The minimum absolute atomic E-state index is 0.215. The second kappa shape index (κ2) is 10.1. The lowest BCUT2D eigenvalue weighted by Gasteiger charge is -2.07. The van der Waals surface area contributed by atoms with E-state index in [0.29, 0.717) is 18.1 Å². The molecule has 3 aromatic rings. The van der Waals surface area contributed by atoms with E-state index in [0.717, 1.165) is 25.1 Å². The fraction of sp³-hybridized carbons (Fsp3) is 0.227. The number of amides is 1. The average molecular weight is 376 g/mol. The van der Waals surface area contributed by atoms with E-state index in [4.69, 9.17) is 4.74 Å². The van der Waals surface area contributed by atoms with Gasteiger partial charge in [0.2, 0.25) is 0 Å². The Hall–Kier alpha value is -3.41. The fourth-order valence-corrected chi connectivity index (χ4v) is 2.73. The van der Waals surface area contributed by atoms with Gasteiger partial charge in [-0.1, -0.05) is 42.5 Å². The predicted molar refractivity (Wildman–Crippen MR) is 110 cm³/mol. The van der Waals surface area contributed by atoms with Crippen LogP contribution in [-0.4, -0.2) is 36.3 Å². The number of methoxy groups -OCH3 is 1. The first kappa shape index (κ1) is 19.4. The molecule has 0 aliphatic carbocycles. The molecule has 0 spiro atoms. The second-order valence-electron chi connectivity index (χ2n) is 6.32. The molecule has 0 bridgehead atoms. The maximum absolute atomic E-state index is 12.2. The lowest BCUT2D eigenvalue weighted by atomic mass is 10.1. The van der Waals surface area contributed by atoms with Crippen LogP contribution in [0, 0.1) is 0 Å². The smallest absolute Gasteiger partial charge is 0.271 e. The van der Waals surface area contributed by atoms with Gasteiger partial charge in [0.05, 0.1) is 7.11 Å². The van der Waals surface area contributed by atoms with Crippen molar-refractivity contribution in [2.75, 3.05) is 25.5 Å². The van der Waals surface area contributed by atoms with E-state index in [-0.39, 0.29) is 5.91 Å². The Morgan fingerprint density at radius 1 is 0.857 bits per heavy atom. The Morgan fingerprint density at radius 2 is 1.57 bits per heavy atom. The monoisotopic (exact) mass is 376 g/mol. The highest BCUT2D eigenvalue weighted by Gasteiger charge is 2.07. The Bertz CT molecular complexity index is 865. The highest BCUT2D eigenvalue weighted by Crippen LogP contribution is 2.12. The molecule has 1 amide bonds. The van der Waals surface area contributed by atoms with Crippen molar-refractivity contribution in [3.05, 3.63) is 83.6 Å². The first-order valence-corrected chi connectivity index (χ1v) is 9.27. The predicted octanol–water partition coefficient (Wildman–Crippen LogP) is 3.11. The van der Waals surface area contributed by atoms with Crippen molar-refractivity contribution in [2.24, 2.45) is 0 Å². The van der Waals surface area contributed by atoms with Gasteiger partial charge < -0.3 is 15.4 Å². The summed E-state index contributed by atoms with van der Waals surface area (Å²) >= 11 is 0. The summed E-state index contributed by atoms with van der Waals surface area (Å²) in [5.41, 5.74) is 2.70. The molecule has 0 radical (unpaired) electrons. The Balaban J connectivity index is 1.41. The Labute approximate surface area is 165 Å². The molecule has 6 heteroatoms. The number of nitrogens with zero attached hydrogens (tertiary/aromatic N) is 2. The molecule has 6 nitrogen and oxygen atoms in total. The zero-order chi connectivity index (χ0) is 19.6. The van der Waals surface area contributed by atoms with Crippen molar-refractivity contribution >= 4 is 11.7 Å². The van der Waals surface area contributed by atoms with E-state index >= 15 is 0 Å². The normalized spacial score (nSPS) is 10.3. The van der Waals surface area contributed by atoms with Gasteiger partial charge in [0.15, 0.2) is 5.69 Å². The van der Waals surface area contributed by atoms with Gasteiger partial charge in [-0.25, -0.2) is 0 Å². The molecule has 1 aromatic heterocycles. The van der Waals surface area contributed by atoms with E-state index in [2.05, 4.69) is 20.8 Å². The van der Waals surface area contributed by atoms with Crippen LogP contribution in [0.1, 0.15) is 21.6 Å². The van der Waals surface area contributed by atoms with Gasteiger partial charge in [0.1, 0.15) is 11.6 Å². The maximum Gasteiger partial charge on any atom is 0.271 e. The second-order valence-corrected chi connectivity index (χ2v) is 6.32. The van der Waals surface area contributed by atoms with Gasteiger partial charge in [-0.2, -0.15) is 0 Å². The number of carbonyl (C=O) groups is 1. The van der Waals surface area contributed by atoms with E-state index in [1.807, 2.05) is 54.6 Å². The van der Waals surface area contributed by atoms with Crippen molar-refractivity contribution < 1.29 is 9.53 Å². The molecule has 144 valence electrons. The van der Waals surface area contributed by atoms with Crippen LogP contribution in [0.15, 0.2) is 66.7 Å². The van der Waals surface area contributed by atoms with Gasteiger partial charge in [-0.05, 0) is 48.2 Å². The van der Waals surface area contributed by atoms with E-state index < -0.39 is 0 Å². The molecule has 28 heavy (non-hydrogen) atoms. The molecule has 2 aromatic carbocycles. The average Bonchev–Trinajstić information content (AvgIpc) is 2.75. The third kappa shape index (κ3) is 5.81. The van der Waals surface area contributed by atoms with Gasteiger partial charge in [-0.3, -0.25) is 4.79 Å². The molecule has 0 aliphatic rings. The Morgan fingerprint density at radius 3 is 2.25 bits per heavy atom. The summed E-state index contributed by atoms with van der Waals surface area (Å²) in [6.45, 7) is 1.29. The first-order valence-electron chi connectivity index (χ1n) is 9.27. The van der Waals surface area contributed by atoms with Crippen LogP contribution in [0.5, 0.6) is 5.75 Å². The standard InChI is InChI=1S/C22H24N4O2/c1-28-19-9-7-18(8-10-19)13-15-23-21-12-11-20(25-26-21)22(27)24-16-14-17-5-3-2-4-6-17/h2-12H,13-16H2,1H3,(H,23,26)(H,24,27). The highest BCUT2D eigenvalue weighted by atomic mass is 16.5. The minimum atomic E-state index is -0.215. The van der Waals surface area contributed by atoms with Crippen LogP contribution < -0.4 is 15.4 Å². The number of hydrogen-bond acceptors (Lipinski definition) is 5. The van der Waals surface area contributed by atoms with Crippen LogP contribution in [0.25, 0.3) is 0 Å². The maximum atomic E-state index is 12.2. The van der Waals surface area contributed by atoms with Crippen LogP contribution >= 0.6 is 0 Å². The number of nitrogens with one attached hydrogen (secondary N) is 2. The lowest BCUT2D eigenvalue weighted by molar-refractivity contribution is 0.0948. The van der Waals surface area contributed by atoms with Crippen LogP contribution in [-0.2, 0) is 12.8 Å². The summed E-state index contributed by atoms with van der Waals surface area (Å²) in [4.78, 5) is 12.2. The van der Waals surface area contributed by atoms with E-state index in [9.17, 15) is 4.79 Å². The zero-order valence-corrected chi connectivity index (χ0v) is 15.9. The number of aromatic nitrogens is 2. The SMILES string of the molecule is COc1ccc(CCNc2ccc(C(=O)NCCc3ccccc3)nn2)cc1. The van der Waals surface area contributed by atoms with Gasteiger partial charge >= 0.3 is 0 Å². The summed E-state index contributed by atoms with van der Waals surface area (Å²) < 4.78 is 5.15. The third-order valence-electron chi connectivity index (χ3n) is 4.32. The minimum Gasteiger partial charge on any atom is -0.497 e. The number of carbonyl (C=O) groups excluding carboxylic acids is 1. The number of ether oxygens (including phenoxy) is 1. The molecule has 0 fully saturated rings. The van der Waals surface area contributed by atoms with Crippen molar-refractivity contribution in [2.45, 2.75) is 12.8 Å². The molecule has 0 saturated carbocycles. The molecular formula is C22H24N4O2. The highest BCUT2D eigenvalue weighted by molar-refractivity contribution is 5.92. The van der Waals surface area contributed by atoms with Crippen molar-refractivity contribution in [1.82, 2.24) is 15.5 Å². The van der Waals surface area contributed by atoms with Gasteiger partial charge in [0.25, 0.3) is 5.91 Å². The lowest BCUT2D eigenvalue weighted by Crippen LogP contribution is -2.26. The summed E-state index contributed by atoms with van der Waals surface area (Å²) in [6.07, 6.45) is 1.64. The quantitative estimate of drug-likeness (QED) is 0.600. The van der Waals surface area contributed by atoms with Gasteiger partial charge in [0, 0.05) is 13.1 Å². The molecule has 0 aliphatic heterocycles. The molecule has 2 N–H and O–H groups in total. The molecule has 0 unspecified atom stereocenters. The van der Waals surface area contributed by atoms with E-state index in [1.165, 1.54) is 11.1 Å². The van der Waals surface area contributed by atoms with Crippen LogP contribution in [0.2, 0.25) is 0 Å². The molecular weight excluding hydrogens is 352 g/mol.